The molecule has 0 aromatic heterocycles. The lowest BCUT2D eigenvalue weighted by atomic mass is 10.2. The second kappa shape index (κ2) is 6.28. The molecule has 2 N–H and O–H groups in total. The molecule has 7 heteroatoms. The molecule has 0 saturated carbocycles. The van der Waals surface area contributed by atoms with Crippen LogP contribution in [0, 0.1) is 11.3 Å². The highest BCUT2D eigenvalue weighted by atomic mass is 32.2. The Hall–Kier alpha value is -2.85. The molecule has 1 amide bonds. The van der Waals surface area contributed by atoms with Crippen molar-refractivity contribution in [1.82, 2.24) is 5.32 Å². The summed E-state index contributed by atoms with van der Waals surface area (Å²) in [4.78, 5) is 11.7. The van der Waals surface area contributed by atoms with Crippen molar-refractivity contribution < 1.29 is 13.2 Å². The van der Waals surface area contributed by atoms with E-state index in [4.69, 9.17) is 5.26 Å². The Morgan fingerprint density at radius 3 is 2.55 bits per heavy atom. The van der Waals surface area contributed by atoms with E-state index in [1.807, 2.05) is 6.07 Å². The van der Waals surface area contributed by atoms with Gasteiger partial charge in [-0.2, -0.15) is 5.26 Å². The van der Waals surface area contributed by atoms with Crippen molar-refractivity contribution in [2.24, 2.45) is 0 Å². The summed E-state index contributed by atoms with van der Waals surface area (Å²) in [5, 5.41) is 11.3. The van der Waals surface area contributed by atoms with Gasteiger partial charge in [0.1, 0.15) is 0 Å². The number of hydrogen-bond donors (Lipinski definition) is 2. The van der Waals surface area contributed by atoms with Crippen LogP contribution in [-0.4, -0.2) is 21.4 Å². The number of para-hydroxylation sites is 1. The van der Waals surface area contributed by atoms with Crippen LogP contribution in [0.25, 0.3) is 0 Å². The number of amides is 1. The van der Waals surface area contributed by atoms with Gasteiger partial charge in [-0.05, 0) is 30.3 Å². The van der Waals surface area contributed by atoms with Crippen molar-refractivity contribution in [1.29, 1.82) is 5.26 Å². The summed E-state index contributed by atoms with van der Waals surface area (Å²) >= 11 is 0. The molecule has 0 fully saturated rings. The van der Waals surface area contributed by atoms with Gasteiger partial charge in [0, 0.05) is 7.05 Å². The van der Waals surface area contributed by atoms with Crippen LogP contribution in [0.1, 0.15) is 15.9 Å². The fourth-order valence-electron chi connectivity index (χ4n) is 1.84. The lowest BCUT2D eigenvalue weighted by Crippen LogP contribution is -2.21. The van der Waals surface area contributed by atoms with E-state index >= 15 is 0 Å². The summed E-state index contributed by atoms with van der Waals surface area (Å²) in [6.45, 7) is 0. The Labute approximate surface area is 128 Å². The minimum atomic E-state index is -3.89. The van der Waals surface area contributed by atoms with E-state index in [0.29, 0.717) is 0 Å². The molecule has 0 spiro atoms. The summed E-state index contributed by atoms with van der Waals surface area (Å²) in [7, 11) is -2.43. The zero-order valence-corrected chi connectivity index (χ0v) is 12.5. The Morgan fingerprint density at radius 1 is 1.14 bits per heavy atom. The number of benzene rings is 2. The van der Waals surface area contributed by atoms with Gasteiger partial charge in [0.05, 0.1) is 27.8 Å². The van der Waals surface area contributed by atoms with Gasteiger partial charge in [-0.1, -0.05) is 18.2 Å². The maximum atomic E-state index is 12.4. The van der Waals surface area contributed by atoms with Gasteiger partial charge in [-0.15, -0.1) is 0 Å². The first-order valence-corrected chi connectivity index (χ1v) is 7.80. The number of sulfonamides is 1. The first kappa shape index (κ1) is 15.5. The highest BCUT2D eigenvalue weighted by Gasteiger charge is 2.18. The van der Waals surface area contributed by atoms with Crippen LogP contribution >= 0.6 is 0 Å². The smallest absolute Gasteiger partial charge is 0.261 e. The van der Waals surface area contributed by atoms with Crippen LogP contribution in [-0.2, 0) is 10.0 Å². The molecule has 2 aromatic carbocycles. The lowest BCUT2D eigenvalue weighted by molar-refractivity contribution is 0.0964. The molecule has 22 heavy (non-hydrogen) atoms. The van der Waals surface area contributed by atoms with Gasteiger partial charge in [0.15, 0.2) is 0 Å². The second-order valence-corrected chi connectivity index (χ2v) is 6.05. The predicted molar refractivity (Wildman–Crippen MR) is 81.8 cm³/mol. The summed E-state index contributed by atoms with van der Waals surface area (Å²) in [5.74, 6) is -0.399. The van der Waals surface area contributed by atoms with Gasteiger partial charge in [0.2, 0.25) is 0 Å². The van der Waals surface area contributed by atoms with Crippen LogP contribution in [0.3, 0.4) is 0 Å². The van der Waals surface area contributed by atoms with Crippen LogP contribution < -0.4 is 10.0 Å². The molecule has 0 radical (unpaired) electrons. The Morgan fingerprint density at radius 2 is 1.86 bits per heavy atom. The van der Waals surface area contributed by atoms with Crippen molar-refractivity contribution in [3.8, 4) is 6.07 Å². The zero-order valence-electron chi connectivity index (χ0n) is 11.7. The molecule has 2 aromatic rings. The average molecular weight is 315 g/mol. The van der Waals surface area contributed by atoms with Gasteiger partial charge in [0.25, 0.3) is 15.9 Å². The summed E-state index contributed by atoms with van der Waals surface area (Å²) in [6, 6.07) is 13.8. The normalized spacial score (nSPS) is 10.5. The van der Waals surface area contributed by atoms with Gasteiger partial charge in [-0.25, -0.2) is 8.42 Å². The molecule has 0 heterocycles. The number of nitriles is 1. The third-order valence-electron chi connectivity index (χ3n) is 2.92. The molecule has 0 aliphatic carbocycles. The molecule has 6 nitrogen and oxygen atoms in total. The van der Waals surface area contributed by atoms with E-state index in [1.165, 1.54) is 43.4 Å². The summed E-state index contributed by atoms with van der Waals surface area (Å²) < 4.78 is 27.1. The minimum absolute atomic E-state index is 0.0433. The standard InChI is InChI=1S/C15H13N3O3S/c1-17-15(19)13-7-2-3-8-14(13)18-22(20,21)12-6-4-5-11(9-12)10-16/h2-9,18H,1H3,(H,17,19). The third-order valence-corrected chi connectivity index (χ3v) is 4.28. The summed E-state index contributed by atoms with van der Waals surface area (Å²) in [5.41, 5.74) is 0.622. The van der Waals surface area contributed by atoms with Crippen molar-refractivity contribution in [3.63, 3.8) is 0 Å². The molecule has 0 saturated heterocycles. The maximum absolute atomic E-state index is 12.4. The van der Waals surface area contributed by atoms with Crippen LogP contribution in [0.15, 0.2) is 53.4 Å². The van der Waals surface area contributed by atoms with Crippen molar-refractivity contribution >= 4 is 21.6 Å². The van der Waals surface area contributed by atoms with Gasteiger partial charge >= 0.3 is 0 Å². The number of nitrogens with zero attached hydrogens (tertiary/aromatic N) is 1. The van der Waals surface area contributed by atoms with Crippen molar-refractivity contribution in [2.75, 3.05) is 11.8 Å². The molecule has 0 unspecified atom stereocenters. The van der Waals surface area contributed by atoms with Crippen LogP contribution in [0.2, 0.25) is 0 Å². The molecular weight excluding hydrogens is 302 g/mol. The van der Waals surface area contributed by atoms with E-state index in [9.17, 15) is 13.2 Å². The van der Waals surface area contributed by atoms with E-state index < -0.39 is 15.9 Å². The van der Waals surface area contributed by atoms with E-state index in [1.54, 1.807) is 12.1 Å². The first-order chi connectivity index (χ1) is 10.5. The molecule has 0 atom stereocenters. The largest absolute Gasteiger partial charge is 0.355 e. The van der Waals surface area contributed by atoms with Crippen LogP contribution in [0.5, 0.6) is 0 Å². The zero-order chi connectivity index (χ0) is 16.2. The molecule has 112 valence electrons. The predicted octanol–water partition coefficient (Wildman–Crippen LogP) is 1.72. The minimum Gasteiger partial charge on any atom is -0.355 e. The molecule has 0 aliphatic rings. The van der Waals surface area contributed by atoms with Crippen LogP contribution in [0.4, 0.5) is 5.69 Å². The highest BCUT2D eigenvalue weighted by molar-refractivity contribution is 7.92. The van der Waals surface area contributed by atoms with Gasteiger partial charge < -0.3 is 5.32 Å². The molecule has 0 aliphatic heterocycles. The maximum Gasteiger partial charge on any atom is 0.261 e. The average Bonchev–Trinajstić information content (AvgIpc) is 2.54. The molecule has 2 rings (SSSR count). The quantitative estimate of drug-likeness (QED) is 0.897. The summed E-state index contributed by atoms with van der Waals surface area (Å²) in [6.07, 6.45) is 0. The Bertz CT molecular complexity index is 854. The number of hydrogen-bond acceptors (Lipinski definition) is 4. The molecular formula is C15H13N3O3S. The Balaban J connectivity index is 2.42. The van der Waals surface area contributed by atoms with Gasteiger partial charge in [-0.3, -0.25) is 9.52 Å². The number of carbonyl (C=O) groups is 1. The number of nitrogens with one attached hydrogen (secondary N) is 2. The highest BCUT2D eigenvalue weighted by Crippen LogP contribution is 2.20. The monoisotopic (exact) mass is 315 g/mol. The SMILES string of the molecule is CNC(=O)c1ccccc1NS(=O)(=O)c1cccc(C#N)c1. The van der Waals surface area contributed by atoms with Crippen molar-refractivity contribution in [2.45, 2.75) is 4.90 Å². The fraction of sp³-hybridized carbons (Fsp3) is 0.0667. The van der Waals surface area contributed by atoms with E-state index in [-0.39, 0.29) is 21.7 Å². The second-order valence-electron chi connectivity index (χ2n) is 4.37. The topological polar surface area (TPSA) is 99.1 Å². The van der Waals surface area contributed by atoms with Crippen molar-refractivity contribution in [3.05, 3.63) is 59.7 Å². The first-order valence-electron chi connectivity index (χ1n) is 6.32. The lowest BCUT2D eigenvalue weighted by Gasteiger charge is -2.11. The number of anilines is 1. The molecule has 0 bridgehead atoms. The Kier molecular flexibility index (Phi) is 4.44. The third kappa shape index (κ3) is 3.24. The van der Waals surface area contributed by atoms with E-state index in [2.05, 4.69) is 10.0 Å². The fourth-order valence-corrected chi connectivity index (χ4v) is 2.97. The number of carbonyl (C=O) groups excluding carboxylic acids is 1. The number of rotatable bonds is 4. The van der Waals surface area contributed by atoms with E-state index in [0.717, 1.165) is 0 Å².